The summed E-state index contributed by atoms with van der Waals surface area (Å²) in [4.78, 5) is 18.5. The average Bonchev–Trinajstić information content (AvgIpc) is 2.77. The van der Waals surface area contributed by atoms with E-state index in [1.807, 2.05) is 39.0 Å². The third kappa shape index (κ3) is 3.05. The summed E-state index contributed by atoms with van der Waals surface area (Å²) in [5.41, 5.74) is -0.287. The maximum atomic E-state index is 12.5. The van der Waals surface area contributed by atoms with Crippen molar-refractivity contribution in [3.63, 3.8) is 0 Å². The molecule has 1 aromatic heterocycles. The van der Waals surface area contributed by atoms with Crippen molar-refractivity contribution in [1.82, 2.24) is 9.88 Å². The van der Waals surface area contributed by atoms with Gasteiger partial charge in [0.05, 0.1) is 23.6 Å². The van der Waals surface area contributed by atoms with Crippen molar-refractivity contribution in [3.05, 3.63) is 40.6 Å². The van der Waals surface area contributed by atoms with E-state index in [4.69, 9.17) is 4.74 Å². The quantitative estimate of drug-likeness (QED) is 0.682. The molecule has 0 aliphatic carbocycles. The number of amides is 1. The Morgan fingerprint density at radius 1 is 1.38 bits per heavy atom. The molecular formula is C18H20BrN3O2. The number of pyridine rings is 1. The number of aromatic nitrogens is 1. The summed E-state index contributed by atoms with van der Waals surface area (Å²) < 4.78 is 6.38. The van der Waals surface area contributed by atoms with Crippen LogP contribution in [0.15, 0.2) is 35.1 Å². The first-order chi connectivity index (χ1) is 11.2. The van der Waals surface area contributed by atoms with Gasteiger partial charge in [-0.15, -0.1) is 0 Å². The normalized spacial score (nSPS) is 28.5. The van der Waals surface area contributed by atoms with Crippen molar-refractivity contribution < 1.29 is 9.53 Å². The summed E-state index contributed by atoms with van der Waals surface area (Å²) in [6, 6.07) is 4.18. The number of carbonyl (C=O) groups excluding carboxylic acids is 1. The van der Waals surface area contributed by atoms with E-state index in [0.717, 1.165) is 10.0 Å². The zero-order chi connectivity index (χ0) is 17.5. The third-order valence-corrected chi connectivity index (χ3v) is 4.89. The van der Waals surface area contributed by atoms with Gasteiger partial charge in [-0.2, -0.15) is 5.26 Å². The minimum Gasteiger partial charge on any atom is -0.444 e. The van der Waals surface area contributed by atoms with Crippen molar-refractivity contribution in [1.29, 1.82) is 5.26 Å². The van der Waals surface area contributed by atoms with Crippen molar-refractivity contribution in [3.8, 4) is 6.07 Å². The molecule has 2 aliphatic heterocycles. The second-order valence-electron chi connectivity index (χ2n) is 7.40. The molecule has 0 saturated carbocycles. The summed E-state index contributed by atoms with van der Waals surface area (Å²) in [7, 11) is 0. The Hall–Kier alpha value is -1.87. The van der Waals surface area contributed by atoms with Gasteiger partial charge < -0.3 is 4.74 Å². The van der Waals surface area contributed by atoms with Crippen LogP contribution >= 0.6 is 15.9 Å². The van der Waals surface area contributed by atoms with Crippen LogP contribution in [0.1, 0.15) is 39.2 Å². The Morgan fingerprint density at radius 3 is 2.50 bits per heavy atom. The fraction of sp³-hybridized carbons (Fsp3) is 0.500. The Kier molecular flexibility index (Phi) is 4.16. The molecule has 0 spiro atoms. The first-order valence-electron chi connectivity index (χ1n) is 7.96. The van der Waals surface area contributed by atoms with E-state index in [1.54, 1.807) is 17.3 Å². The number of nitriles is 1. The first kappa shape index (κ1) is 17.0. The van der Waals surface area contributed by atoms with E-state index < -0.39 is 11.0 Å². The van der Waals surface area contributed by atoms with Crippen LogP contribution in [-0.4, -0.2) is 33.7 Å². The zero-order valence-electron chi connectivity index (χ0n) is 14.0. The number of hydrogen-bond donors (Lipinski definition) is 0. The highest BCUT2D eigenvalue weighted by Crippen LogP contribution is 2.44. The Morgan fingerprint density at radius 2 is 2.00 bits per heavy atom. The second-order valence-corrected chi connectivity index (χ2v) is 8.32. The van der Waals surface area contributed by atoms with E-state index in [2.05, 4.69) is 27.0 Å². The van der Waals surface area contributed by atoms with Gasteiger partial charge in [0.15, 0.2) is 0 Å². The van der Waals surface area contributed by atoms with Gasteiger partial charge in [-0.3, -0.25) is 9.88 Å². The maximum absolute atomic E-state index is 12.5. The summed E-state index contributed by atoms with van der Waals surface area (Å²) in [5, 5.41) is 9.90. The minimum atomic E-state index is -0.645. The second kappa shape index (κ2) is 5.89. The van der Waals surface area contributed by atoms with E-state index in [9.17, 15) is 10.1 Å². The number of piperidine rings is 1. The number of fused-ring (bicyclic) bond motifs is 2. The molecule has 0 N–H and O–H groups in total. The average molecular weight is 390 g/mol. The lowest BCUT2D eigenvalue weighted by molar-refractivity contribution is 0.00562. The molecule has 126 valence electrons. The van der Waals surface area contributed by atoms with Crippen molar-refractivity contribution >= 4 is 22.0 Å². The van der Waals surface area contributed by atoms with Gasteiger partial charge in [0.2, 0.25) is 0 Å². The van der Waals surface area contributed by atoms with Gasteiger partial charge >= 0.3 is 6.09 Å². The lowest BCUT2D eigenvalue weighted by atomic mass is 9.71. The van der Waals surface area contributed by atoms with Crippen LogP contribution in [0.3, 0.4) is 0 Å². The highest BCUT2D eigenvalue weighted by molar-refractivity contribution is 9.10. The predicted molar refractivity (Wildman–Crippen MR) is 93.3 cm³/mol. The Balaban J connectivity index is 1.87. The lowest BCUT2D eigenvalue weighted by Gasteiger charge is -2.43. The van der Waals surface area contributed by atoms with E-state index in [0.29, 0.717) is 12.8 Å². The molecule has 1 fully saturated rings. The largest absolute Gasteiger partial charge is 0.444 e. The molecule has 5 nitrogen and oxygen atoms in total. The van der Waals surface area contributed by atoms with Gasteiger partial charge in [0.25, 0.3) is 0 Å². The molecule has 6 heteroatoms. The van der Waals surface area contributed by atoms with Gasteiger partial charge in [-0.1, -0.05) is 12.2 Å². The van der Waals surface area contributed by atoms with Crippen LogP contribution in [0.25, 0.3) is 0 Å². The maximum Gasteiger partial charge on any atom is 0.411 e. The van der Waals surface area contributed by atoms with Gasteiger partial charge in [-0.25, -0.2) is 4.79 Å². The molecule has 1 saturated heterocycles. The van der Waals surface area contributed by atoms with Crippen LogP contribution in [0.4, 0.5) is 4.79 Å². The fourth-order valence-electron chi connectivity index (χ4n) is 3.47. The number of carbonyl (C=O) groups is 1. The Bertz CT molecular complexity index is 717. The van der Waals surface area contributed by atoms with Crippen LogP contribution in [0.5, 0.6) is 0 Å². The molecule has 24 heavy (non-hydrogen) atoms. The molecule has 3 heterocycles. The minimum absolute atomic E-state index is 0.128. The van der Waals surface area contributed by atoms with Gasteiger partial charge in [0.1, 0.15) is 5.60 Å². The molecule has 0 aromatic carbocycles. The standard InChI is InChI=1S/C18H20BrN3O2/c1-17(2,3)24-16(23)22-14-4-5-15(22)8-18(7-14,11-20)12-6-13(19)10-21-9-12/h4-6,9-10,14-15H,7-8H2,1-3H3. The topological polar surface area (TPSA) is 66.2 Å². The van der Waals surface area contributed by atoms with Gasteiger partial charge in [0, 0.05) is 16.9 Å². The molecule has 2 bridgehead atoms. The molecule has 2 unspecified atom stereocenters. The smallest absolute Gasteiger partial charge is 0.411 e. The van der Waals surface area contributed by atoms with E-state index >= 15 is 0 Å². The molecule has 2 atom stereocenters. The van der Waals surface area contributed by atoms with Crippen LogP contribution in [0.2, 0.25) is 0 Å². The highest BCUT2D eigenvalue weighted by atomic mass is 79.9. The molecule has 1 amide bonds. The SMILES string of the molecule is CC(C)(C)OC(=O)N1C2C=CC1CC(C#N)(c1cncc(Br)c1)C2. The van der Waals surface area contributed by atoms with Gasteiger partial charge in [-0.05, 0) is 61.2 Å². The number of ether oxygens (including phenoxy) is 1. The molecule has 3 rings (SSSR count). The van der Waals surface area contributed by atoms with Crippen molar-refractivity contribution in [2.45, 2.75) is 56.7 Å². The highest BCUT2D eigenvalue weighted by Gasteiger charge is 2.50. The fourth-order valence-corrected chi connectivity index (χ4v) is 3.83. The molecular weight excluding hydrogens is 370 g/mol. The van der Waals surface area contributed by atoms with Crippen molar-refractivity contribution in [2.75, 3.05) is 0 Å². The Labute approximate surface area is 150 Å². The summed E-state index contributed by atoms with van der Waals surface area (Å²) in [5.74, 6) is 0. The van der Waals surface area contributed by atoms with Crippen LogP contribution < -0.4 is 0 Å². The zero-order valence-corrected chi connectivity index (χ0v) is 15.6. The third-order valence-electron chi connectivity index (χ3n) is 4.46. The van der Waals surface area contributed by atoms with Crippen LogP contribution in [-0.2, 0) is 10.2 Å². The number of nitrogens with zero attached hydrogens (tertiary/aromatic N) is 3. The molecule has 2 aliphatic rings. The molecule has 1 aromatic rings. The number of halogens is 1. The summed E-state index contributed by atoms with van der Waals surface area (Å²) in [6.07, 6.45) is 8.26. The number of hydrogen-bond acceptors (Lipinski definition) is 4. The number of rotatable bonds is 1. The summed E-state index contributed by atoms with van der Waals surface area (Å²) in [6.45, 7) is 5.57. The van der Waals surface area contributed by atoms with Crippen molar-refractivity contribution in [2.24, 2.45) is 0 Å². The van der Waals surface area contributed by atoms with E-state index in [-0.39, 0.29) is 18.2 Å². The van der Waals surface area contributed by atoms with Crippen LogP contribution in [0, 0.1) is 11.3 Å². The monoisotopic (exact) mass is 389 g/mol. The predicted octanol–water partition coefficient (Wildman–Crippen LogP) is 3.94. The lowest BCUT2D eigenvalue weighted by Crippen LogP contribution is -2.53. The summed E-state index contributed by atoms with van der Waals surface area (Å²) >= 11 is 3.42. The molecule has 0 radical (unpaired) electrons. The van der Waals surface area contributed by atoms with E-state index in [1.165, 1.54) is 0 Å². The first-order valence-corrected chi connectivity index (χ1v) is 8.75.